The molecule has 1 heterocycles. The first kappa shape index (κ1) is 36.9. The Morgan fingerprint density at radius 3 is 2.16 bits per heavy atom. The SMILES string of the molecule is C=C1c2ccccc2NNCN(c2ccc(NC/C(C)=C/C)cc2)c2ccccc2C1C.CC.CC.CNCc1ccccc1. The van der Waals surface area contributed by atoms with Gasteiger partial charge in [0.2, 0.25) is 0 Å². The monoisotopic (exact) mass is 605 g/mol. The third kappa shape index (κ3) is 11.0. The maximum atomic E-state index is 4.46. The van der Waals surface area contributed by atoms with Crippen LogP contribution in [-0.2, 0) is 6.54 Å². The first-order chi connectivity index (χ1) is 22.0. The molecule has 5 rings (SSSR count). The van der Waals surface area contributed by atoms with Crippen LogP contribution in [0.15, 0.2) is 121 Å². The van der Waals surface area contributed by atoms with Crippen LogP contribution in [0.4, 0.5) is 22.7 Å². The van der Waals surface area contributed by atoms with Crippen LogP contribution in [0.5, 0.6) is 0 Å². The van der Waals surface area contributed by atoms with E-state index in [1.165, 1.54) is 22.4 Å². The molecule has 1 aliphatic heterocycles. The Morgan fingerprint density at radius 2 is 1.49 bits per heavy atom. The van der Waals surface area contributed by atoms with Gasteiger partial charge in [-0.25, -0.2) is 5.43 Å². The Hall–Kier alpha value is -4.32. The number of fused-ring (bicyclic) bond motifs is 2. The van der Waals surface area contributed by atoms with Gasteiger partial charge in [0.25, 0.3) is 0 Å². The summed E-state index contributed by atoms with van der Waals surface area (Å²) in [5, 5.41) is 6.57. The predicted octanol–water partition coefficient (Wildman–Crippen LogP) is 10.4. The van der Waals surface area contributed by atoms with E-state index in [1.54, 1.807) is 0 Å². The minimum absolute atomic E-state index is 0.180. The van der Waals surface area contributed by atoms with Crippen LogP contribution < -0.4 is 26.4 Å². The molecule has 45 heavy (non-hydrogen) atoms. The number of allylic oxidation sites excluding steroid dienone is 2. The second kappa shape index (κ2) is 20.6. The van der Waals surface area contributed by atoms with Crippen LogP contribution >= 0.6 is 0 Å². The standard InChI is InChI=1S/C28H32N4.C8H11N.2C2H6/c1-5-20(2)18-29-23-14-16-24(17-15-23)32-19-30-31-27-12-8-6-10-25(27)21(3)22(4)26-11-7-9-13-28(26)32;1-9-7-8-5-3-2-4-6-8;2*1-2/h5-17,22,29-31H,3,18-19H2,1-2,4H3;2-6,9H,7H2,1H3;2*1-2H3/b20-5+;;;. The minimum atomic E-state index is 0.180. The molecule has 0 fully saturated rings. The molecule has 4 N–H and O–H groups in total. The van der Waals surface area contributed by atoms with Crippen LogP contribution in [0.2, 0.25) is 0 Å². The van der Waals surface area contributed by atoms with Gasteiger partial charge in [0.05, 0.1) is 12.4 Å². The highest BCUT2D eigenvalue weighted by Crippen LogP contribution is 2.40. The largest absolute Gasteiger partial charge is 0.381 e. The zero-order valence-electron chi connectivity index (χ0n) is 28.7. The van der Waals surface area contributed by atoms with Crippen molar-refractivity contribution in [2.24, 2.45) is 0 Å². The molecule has 0 amide bonds. The van der Waals surface area contributed by atoms with E-state index in [2.05, 4.69) is 139 Å². The molecule has 0 spiro atoms. The molecule has 0 radical (unpaired) electrons. The zero-order chi connectivity index (χ0) is 33.0. The summed E-state index contributed by atoms with van der Waals surface area (Å²) in [6.07, 6.45) is 2.13. The third-order valence-electron chi connectivity index (χ3n) is 7.42. The lowest BCUT2D eigenvalue weighted by atomic mass is 9.87. The van der Waals surface area contributed by atoms with Crippen molar-refractivity contribution in [2.45, 2.75) is 60.9 Å². The highest BCUT2D eigenvalue weighted by atomic mass is 15.4. The molecule has 1 atom stereocenters. The number of para-hydroxylation sites is 2. The van der Waals surface area contributed by atoms with Gasteiger partial charge in [-0.15, -0.1) is 0 Å². The summed E-state index contributed by atoms with van der Waals surface area (Å²) in [7, 11) is 1.95. The van der Waals surface area contributed by atoms with Crippen LogP contribution in [0.3, 0.4) is 0 Å². The second-order valence-corrected chi connectivity index (χ2v) is 10.3. The quantitative estimate of drug-likeness (QED) is 0.165. The molecule has 0 aliphatic carbocycles. The lowest BCUT2D eigenvalue weighted by Gasteiger charge is -2.32. The maximum absolute atomic E-state index is 4.46. The summed E-state index contributed by atoms with van der Waals surface area (Å²) in [4.78, 5) is 2.31. The molecule has 240 valence electrons. The normalized spacial score (nSPS) is 14.0. The molecule has 1 aliphatic rings. The number of hydrazine groups is 1. The van der Waals surface area contributed by atoms with Crippen molar-refractivity contribution in [1.82, 2.24) is 10.7 Å². The van der Waals surface area contributed by atoms with Crippen molar-refractivity contribution in [3.05, 3.63) is 138 Å². The fourth-order valence-electron chi connectivity index (χ4n) is 4.82. The number of anilines is 4. The summed E-state index contributed by atoms with van der Waals surface area (Å²) < 4.78 is 0. The molecular weight excluding hydrogens is 550 g/mol. The molecule has 4 aromatic carbocycles. The van der Waals surface area contributed by atoms with Gasteiger partial charge >= 0.3 is 0 Å². The number of hydrogen-bond donors (Lipinski definition) is 4. The molecule has 5 heteroatoms. The van der Waals surface area contributed by atoms with Gasteiger partial charge in [-0.3, -0.25) is 0 Å². The number of nitrogens with zero attached hydrogens (tertiary/aromatic N) is 1. The lowest BCUT2D eigenvalue weighted by Crippen LogP contribution is -2.35. The molecule has 5 nitrogen and oxygen atoms in total. The van der Waals surface area contributed by atoms with Gasteiger partial charge < -0.3 is 21.0 Å². The molecular formula is C40H55N5. The molecule has 4 aromatic rings. The Balaban J connectivity index is 0.000000458. The summed E-state index contributed by atoms with van der Waals surface area (Å²) >= 11 is 0. The minimum Gasteiger partial charge on any atom is -0.381 e. The van der Waals surface area contributed by atoms with Gasteiger partial charge in [0, 0.05) is 41.6 Å². The second-order valence-electron chi connectivity index (χ2n) is 10.3. The van der Waals surface area contributed by atoms with Crippen molar-refractivity contribution in [3.8, 4) is 0 Å². The van der Waals surface area contributed by atoms with Crippen molar-refractivity contribution < 1.29 is 0 Å². The van der Waals surface area contributed by atoms with E-state index in [-0.39, 0.29) is 5.92 Å². The molecule has 0 saturated carbocycles. The fraction of sp³-hybridized carbons (Fsp3) is 0.300. The number of benzene rings is 4. The van der Waals surface area contributed by atoms with Crippen molar-refractivity contribution in [2.75, 3.05) is 35.9 Å². The van der Waals surface area contributed by atoms with E-state index in [4.69, 9.17) is 0 Å². The predicted molar refractivity (Wildman–Crippen MR) is 200 cm³/mol. The summed E-state index contributed by atoms with van der Waals surface area (Å²) in [6, 6.07) is 35.9. The van der Waals surface area contributed by atoms with E-state index in [9.17, 15) is 0 Å². The molecule has 0 bridgehead atoms. The molecule has 0 aromatic heterocycles. The van der Waals surface area contributed by atoms with E-state index in [0.717, 1.165) is 41.3 Å². The lowest BCUT2D eigenvalue weighted by molar-refractivity contribution is 0.779. The van der Waals surface area contributed by atoms with Crippen LogP contribution in [-0.4, -0.2) is 20.3 Å². The van der Waals surface area contributed by atoms with Crippen molar-refractivity contribution >= 4 is 28.3 Å². The van der Waals surface area contributed by atoms with Crippen molar-refractivity contribution in [1.29, 1.82) is 0 Å². The van der Waals surface area contributed by atoms with E-state index < -0.39 is 0 Å². The van der Waals surface area contributed by atoms with Gasteiger partial charge in [-0.05, 0) is 74.0 Å². The van der Waals surface area contributed by atoms with E-state index in [0.29, 0.717) is 6.67 Å². The molecule has 1 unspecified atom stereocenters. The van der Waals surface area contributed by atoms with Gasteiger partial charge in [-0.1, -0.05) is 120 Å². The first-order valence-electron chi connectivity index (χ1n) is 16.3. The summed E-state index contributed by atoms with van der Waals surface area (Å²) in [5.41, 5.74) is 17.4. The highest BCUT2D eigenvalue weighted by molar-refractivity contribution is 5.81. The topological polar surface area (TPSA) is 51.4 Å². The van der Waals surface area contributed by atoms with Crippen LogP contribution in [0, 0.1) is 0 Å². The number of rotatable bonds is 6. The summed E-state index contributed by atoms with van der Waals surface area (Å²) in [5.74, 6) is 0.180. The zero-order valence-corrected chi connectivity index (χ0v) is 28.7. The Labute approximate surface area is 273 Å². The fourth-order valence-corrected chi connectivity index (χ4v) is 4.82. The Bertz CT molecular complexity index is 1430. The van der Waals surface area contributed by atoms with Gasteiger partial charge in [-0.2, -0.15) is 0 Å². The van der Waals surface area contributed by atoms with Crippen LogP contribution in [0.25, 0.3) is 5.57 Å². The number of nitrogens with one attached hydrogen (secondary N) is 4. The molecule has 0 saturated heterocycles. The third-order valence-corrected chi connectivity index (χ3v) is 7.42. The smallest absolute Gasteiger partial charge is 0.0903 e. The average Bonchev–Trinajstić information content (AvgIpc) is 3.11. The van der Waals surface area contributed by atoms with Crippen molar-refractivity contribution in [3.63, 3.8) is 0 Å². The maximum Gasteiger partial charge on any atom is 0.0903 e. The Kier molecular flexibility index (Phi) is 16.9. The summed E-state index contributed by atoms with van der Waals surface area (Å²) in [6.45, 7) is 21.3. The highest BCUT2D eigenvalue weighted by Gasteiger charge is 2.22. The van der Waals surface area contributed by atoms with E-state index >= 15 is 0 Å². The van der Waals surface area contributed by atoms with Gasteiger partial charge in [0.15, 0.2) is 0 Å². The Morgan fingerprint density at radius 1 is 0.867 bits per heavy atom. The van der Waals surface area contributed by atoms with E-state index in [1.807, 2.05) is 59.0 Å². The van der Waals surface area contributed by atoms with Gasteiger partial charge in [0.1, 0.15) is 0 Å². The van der Waals surface area contributed by atoms with Crippen LogP contribution in [0.1, 0.15) is 71.1 Å². The average molecular weight is 606 g/mol. The first-order valence-corrected chi connectivity index (χ1v) is 16.3. The number of hydrogen-bond acceptors (Lipinski definition) is 5.